The molecule has 3 aromatic heterocycles. The molecule has 4 heterocycles. The highest BCUT2D eigenvalue weighted by Gasteiger charge is 2.24. The van der Waals surface area contributed by atoms with E-state index in [-0.39, 0.29) is 11.4 Å². The summed E-state index contributed by atoms with van der Waals surface area (Å²) < 4.78 is 15.7. The third kappa shape index (κ3) is 3.77. The van der Waals surface area contributed by atoms with Crippen molar-refractivity contribution in [3.05, 3.63) is 58.4 Å². The highest BCUT2D eigenvalue weighted by molar-refractivity contribution is 7.13. The monoisotopic (exact) mass is 412 g/mol. The molecular formula is C20H21FN6OS. The number of pyridine rings is 1. The minimum Gasteiger partial charge on any atom is -0.343 e. The van der Waals surface area contributed by atoms with Gasteiger partial charge in [-0.1, -0.05) is 5.57 Å². The summed E-state index contributed by atoms with van der Waals surface area (Å²) in [5.41, 5.74) is 4.20. The molecule has 0 saturated heterocycles. The van der Waals surface area contributed by atoms with E-state index in [1.165, 1.54) is 11.8 Å². The Hall–Kier alpha value is -3.07. The number of carbonyl (C=O) groups is 1. The molecule has 1 aliphatic heterocycles. The molecule has 0 fully saturated rings. The summed E-state index contributed by atoms with van der Waals surface area (Å²) in [6.45, 7) is 5.42. The van der Waals surface area contributed by atoms with Gasteiger partial charge in [0.25, 0.3) is 5.91 Å². The van der Waals surface area contributed by atoms with Crippen LogP contribution in [-0.2, 0) is 7.05 Å². The second-order valence-electron chi connectivity index (χ2n) is 7.05. The van der Waals surface area contributed by atoms with Crippen LogP contribution in [0.4, 0.5) is 15.2 Å². The van der Waals surface area contributed by atoms with Crippen molar-refractivity contribution in [3.63, 3.8) is 0 Å². The summed E-state index contributed by atoms with van der Waals surface area (Å²) in [5, 5.41) is 9.93. The Balaban J connectivity index is 1.60. The van der Waals surface area contributed by atoms with Gasteiger partial charge in [0.1, 0.15) is 0 Å². The lowest BCUT2D eigenvalue weighted by atomic mass is 9.99. The maximum absolute atomic E-state index is 14.0. The lowest BCUT2D eigenvalue weighted by Gasteiger charge is -2.29. The van der Waals surface area contributed by atoms with Crippen molar-refractivity contribution in [2.75, 3.05) is 23.3 Å². The molecule has 0 unspecified atom stereocenters. The van der Waals surface area contributed by atoms with Gasteiger partial charge in [0, 0.05) is 37.9 Å². The fourth-order valence-corrected chi connectivity index (χ4v) is 4.09. The Morgan fingerprint density at radius 1 is 1.31 bits per heavy atom. The molecule has 0 saturated carbocycles. The summed E-state index contributed by atoms with van der Waals surface area (Å²) in [4.78, 5) is 23.1. The number of amides is 1. The standard InChI is InChI=1S/C20H21FN6OS/c1-12-4-6-27(20-23-5-7-29-20)11-14(12)17-8-16(25-26(17)3)19(28)24-18-13(2)9-22-10-15(18)21/h5,7-10H,4,6,11H2,1-3H3,(H,22,24,28). The zero-order valence-corrected chi connectivity index (χ0v) is 17.3. The molecule has 29 heavy (non-hydrogen) atoms. The molecule has 7 nitrogen and oxygen atoms in total. The lowest BCUT2D eigenvalue weighted by Crippen LogP contribution is -2.31. The fraction of sp³-hybridized carbons (Fsp3) is 0.300. The van der Waals surface area contributed by atoms with Gasteiger partial charge in [-0.2, -0.15) is 5.10 Å². The van der Waals surface area contributed by atoms with Crippen LogP contribution in [0.1, 0.15) is 35.1 Å². The molecular weight excluding hydrogens is 391 g/mol. The van der Waals surface area contributed by atoms with Gasteiger partial charge < -0.3 is 10.2 Å². The van der Waals surface area contributed by atoms with Gasteiger partial charge in [-0.25, -0.2) is 9.37 Å². The first-order valence-corrected chi connectivity index (χ1v) is 10.1. The van der Waals surface area contributed by atoms with E-state index in [0.29, 0.717) is 12.1 Å². The Morgan fingerprint density at radius 3 is 2.86 bits per heavy atom. The van der Waals surface area contributed by atoms with Crippen LogP contribution in [-0.4, -0.2) is 38.7 Å². The van der Waals surface area contributed by atoms with Gasteiger partial charge in [0.2, 0.25) is 0 Å². The van der Waals surface area contributed by atoms with Crippen molar-refractivity contribution < 1.29 is 9.18 Å². The molecule has 1 aliphatic rings. The number of aryl methyl sites for hydroxylation is 2. The van der Waals surface area contributed by atoms with Gasteiger partial charge >= 0.3 is 0 Å². The number of aromatic nitrogens is 4. The van der Waals surface area contributed by atoms with Gasteiger partial charge in [-0.05, 0) is 37.5 Å². The highest BCUT2D eigenvalue weighted by Crippen LogP contribution is 2.30. The molecule has 9 heteroatoms. The molecule has 3 aromatic rings. The third-order valence-corrected chi connectivity index (χ3v) is 5.89. The van der Waals surface area contributed by atoms with E-state index in [1.807, 2.05) is 12.4 Å². The Morgan fingerprint density at radius 2 is 2.14 bits per heavy atom. The first-order valence-electron chi connectivity index (χ1n) is 9.23. The van der Waals surface area contributed by atoms with Gasteiger partial charge in [-0.15, -0.1) is 11.3 Å². The molecule has 1 N–H and O–H groups in total. The predicted octanol–water partition coefficient (Wildman–Crippen LogP) is 3.66. The first-order chi connectivity index (χ1) is 13.9. The smallest absolute Gasteiger partial charge is 0.276 e. The van der Waals surface area contributed by atoms with Crippen LogP contribution in [0.3, 0.4) is 0 Å². The number of carbonyl (C=O) groups excluding carboxylic acids is 1. The minimum absolute atomic E-state index is 0.125. The lowest BCUT2D eigenvalue weighted by molar-refractivity contribution is 0.102. The number of halogens is 1. The molecule has 0 radical (unpaired) electrons. The van der Waals surface area contributed by atoms with Crippen LogP contribution in [0.15, 0.2) is 35.6 Å². The van der Waals surface area contributed by atoms with E-state index < -0.39 is 11.7 Å². The number of anilines is 2. The van der Waals surface area contributed by atoms with E-state index in [0.717, 1.165) is 35.6 Å². The van der Waals surface area contributed by atoms with Crippen LogP contribution in [0.25, 0.3) is 5.57 Å². The second kappa shape index (κ2) is 7.75. The van der Waals surface area contributed by atoms with E-state index in [4.69, 9.17) is 0 Å². The summed E-state index contributed by atoms with van der Waals surface area (Å²) >= 11 is 1.61. The van der Waals surface area contributed by atoms with Crippen LogP contribution in [0, 0.1) is 12.7 Å². The Labute approximate surface area is 171 Å². The van der Waals surface area contributed by atoms with Crippen LogP contribution < -0.4 is 10.2 Å². The summed E-state index contributed by atoms with van der Waals surface area (Å²) in [6, 6.07) is 1.76. The SMILES string of the molecule is CC1=C(c2cc(C(=O)Nc3c(C)cncc3F)nn2C)CN(c2nccs2)CC1. The Bertz CT molecular complexity index is 1070. The number of rotatable bonds is 4. The van der Waals surface area contributed by atoms with Crippen LogP contribution >= 0.6 is 11.3 Å². The number of thiazole rings is 1. The largest absolute Gasteiger partial charge is 0.343 e. The Kier molecular flexibility index (Phi) is 5.14. The predicted molar refractivity (Wildman–Crippen MR) is 112 cm³/mol. The number of nitrogens with zero attached hydrogens (tertiary/aromatic N) is 5. The zero-order valence-electron chi connectivity index (χ0n) is 16.4. The van der Waals surface area contributed by atoms with Crippen molar-refractivity contribution in [1.82, 2.24) is 19.7 Å². The van der Waals surface area contributed by atoms with Crippen molar-refractivity contribution in [3.8, 4) is 0 Å². The van der Waals surface area contributed by atoms with Gasteiger partial charge in [-0.3, -0.25) is 14.5 Å². The van der Waals surface area contributed by atoms with E-state index in [2.05, 4.69) is 32.2 Å². The average molecular weight is 412 g/mol. The molecule has 0 aromatic carbocycles. The number of nitrogens with one attached hydrogen (secondary N) is 1. The molecule has 0 bridgehead atoms. The third-order valence-electron chi connectivity index (χ3n) is 5.06. The summed E-state index contributed by atoms with van der Waals surface area (Å²) in [5.74, 6) is -1.02. The number of hydrogen-bond acceptors (Lipinski definition) is 6. The molecule has 150 valence electrons. The fourth-order valence-electron chi connectivity index (χ4n) is 3.42. The normalized spacial score (nSPS) is 14.4. The van der Waals surface area contributed by atoms with Crippen molar-refractivity contribution in [1.29, 1.82) is 0 Å². The van der Waals surface area contributed by atoms with Crippen molar-refractivity contribution >= 4 is 33.6 Å². The maximum atomic E-state index is 14.0. The van der Waals surface area contributed by atoms with E-state index in [1.54, 1.807) is 35.2 Å². The van der Waals surface area contributed by atoms with Crippen LogP contribution in [0.5, 0.6) is 0 Å². The van der Waals surface area contributed by atoms with Gasteiger partial charge in [0.15, 0.2) is 16.6 Å². The quantitative estimate of drug-likeness (QED) is 0.708. The second-order valence-corrected chi connectivity index (χ2v) is 7.92. The first kappa shape index (κ1) is 19.3. The molecule has 0 aliphatic carbocycles. The van der Waals surface area contributed by atoms with Crippen molar-refractivity contribution in [2.24, 2.45) is 7.05 Å². The number of hydrogen-bond donors (Lipinski definition) is 1. The zero-order chi connectivity index (χ0) is 20.5. The minimum atomic E-state index is -0.570. The maximum Gasteiger partial charge on any atom is 0.276 e. The summed E-state index contributed by atoms with van der Waals surface area (Å²) in [6.07, 6.45) is 5.31. The molecule has 0 atom stereocenters. The van der Waals surface area contributed by atoms with E-state index >= 15 is 0 Å². The van der Waals surface area contributed by atoms with Crippen LogP contribution in [0.2, 0.25) is 0 Å². The van der Waals surface area contributed by atoms with Crippen molar-refractivity contribution in [2.45, 2.75) is 20.3 Å². The molecule has 1 amide bonds. The molecule has 4 rings (SSSR count). The van der Waals surface area contributed by atoms with Gasteiger partial charge in [0.05, 0.1) is 17.6 Å². The highest BCUT2D eigenvalue weighted by atomic mass is 32.1. The molecule has 0 spiro atoms. The average Bonchev–Trinajstić information content (AvgIpc) is 3.35. The summed E-state index contributed by atoms with van der Waals surface area (Å²) in [7, 11) is 1.81. The topological polar surface area (TPSA) is 75.9 Å². The van der Waals surface area contributed by atoms with E-state index in [9.17, 15) is 9.18 Å².